The third-order valence-electron chi connectivity index (χ3n) is 4.56. The number of hydrogen-bond donors (Lipinski definition) is 1. The van der Waals surface area contributed by atoms with E-state index < -0.39 is 0 Å². The van der Waals surface area contributed by atoms with Crippen molar-refractivity contribution < 1.29 is 0 Å². The van der Waals surface area contributed by atoms with Crippen LogP contribution >= 0.6 is 0 Å². The van der Waals surface area contributed by atoms with Crippen LogP contribution in [0.4, 0.5) is 0 Å². The number of hydrogen-bond acceptors (Lipinski definition) is 2. The second-order valence-electron chi connectivity index (χ2n) is 7.31. The summed E-state index contributed by atoms with van der Waals surface area (Å²) in [6.45, 7) is 16.4. The topological polar surface area (TPSA) is 15.3 Å². The average Bonchev–Trinajstić information content (AvgIpc) is 2.85. The Hall–Kier alpha value is -0.0800. The minimum absolute atomic E-state index is 0.597. The molecule has 0 radical (unpaired) electrons. The summed E-state index contributed by atoms with van der Waals surface area (Å²) in [5.41, 5.74) is 0. The predicted molar refractivity (Wildman–Crippen MR) is 85.6 cm³/mol. The quantitative estimate of drug-likeness (QED) is 0.718. The third kappa shape index (κ3) is 5.83. The molecule has 1 N–H and O–H groups in total. The molecular weight excluding hydrogens is 232 g/mol. The van der Waals surface area contributed by atoms with E-state index in [9.17, 15) is 0 Å². The molecule has 2 heteroatoms. The highest BCUT2D eigenvalue weighted by Crippen LogP contribution is 2.27. The molecule has 2 unspecified atom stereocenters. The molecule has 2 nitrogen and oxygen atoms in total. The monoisotopic (exact) mass is 268 g/mol. The van der Waals surface area contributed by atoms with Crippen LogP contribution in [0.2, 0.25) is 0 Å². The first-order chi connectivity index (χ1) is 8.91. The molecular formula is C17H36N2. The van der Waals surface area contributed by atoms with Crippen molar-refractivity contribution >= 4 is 0 Å². The molecule has 0 saturated heterocycles. The first-order valence-corrected chi connectivity index (χ1v) is 8.41. The van der Waals surface area contributed by atoms with Gasteiger partial charge in [-0.25, -0.2) is 0 Å². The third-order valence-corrected chi connectivity index (χ3v) is 4.56. The Morgan fingerprint density at radius 2 is 1.58 bits per heavy atom. The maximum Gasteiger partial charge on any atom is 0.0108 e. The van der Waals surface area contributed by atoms with Crippen LogP contribution in [-0.2, 0) is 0 Å². The fraction of sp³-hybridized carbons (Fsp3) is 1.00. The van der Waals surface area contributed by atoms with Crippen molar-refractivity contribution in [2.24, 2.45) is 11.8 Å². The van der Waals surface area contributed by atoms with Crippen LogP contribution in [0.1, 0.15) is 67.2 Å². The van der Waals surface area contributed by atoms with Gasteiger partial charge in [0, 0.05) is 24.7 Å². The summed E-state index contributed by atoms with van der Waals surface area (Å²) >= 11 is 0. The first-order valence-electron chi connectivity index (χ1n) is 8.41. The summed E-state index contributed by atoms with van der Waals surface area (Å²) in [4.78, 5) is 2.81. The minimum atomic E-state index is 0.597. The van der Waals surface area contributed by atoms with E-state index in [-0.39, 0.29) is 0 Å². The van der Waals surface area contributed by atoms with Gasteiger partial charge in [0.25, 0.3) is 0 Å². The summed E-state index contributed by atoms with van der Waals surface area (Å²) in [5, 5.41) is 3.60. The highest BCUT2D eigenvalue weighted by molar-refractivity contribution is 4.84. The van der Waals surface area contributed by atoms with Gasteiger partial charge in [0.1, 0.15) is 0 Å². The van der Waals surface area contributed by atoms with Crippen LogP contribution in [0.3, 0.4) is 0 Å². The molecule has 1 aliphatic carbocycles. The maximum atomic E-state index is 3.60. The van der Waals surface area contributed by atoms with Gasteiger partial charge in [0.2, 0.25) is 0 Å². The standard InChI is InChI=1S/C17H36N2/c1-13(2)12-19(17-9-7-8-10-17)16(6)15(5)11-18-14(3)4/h13-18H,7-12H2,1-6H3. The lowest BCUT2D eigenvalue weighted by Gasteiger charge is -2.39. The first kappa shape index (κ1) is 17.0. The van der Waals surface area contributed by atoms with Gasteiger partial charge in [0.05, 0.1) is 0 Å². The molecule has 1 rings (SSSR count). The zero-order valence-electron chi connectivity index (χ0n) is 14.1. The molecule has 0 spiro atoms. The van der Waals surface area contributed by atoms with Crippen molar-refractivity contribution in [1.82, 2.24) is 10.2 Å². The second-order valence-corrected chi connectivity index (χ2v) is 7.31. The number of rotatable bonds is 8. The fourth-order valence-corrected chi connectivity index (χ4v) is 3.22. The number of nitrogens with one attached hydrogen (secondary N) is 1. The van der Waals surface area contributed by atoms with Crippen LogP contribution in [0, 0.1) is 11.8 Å². The zero-order chi connectivity index (χ0) is 14.4. The second kappa shape index (κ2) is 8.26. The Bertz CT molecular complexity index is 231. The van der Waals surface area contributed by atoms with Gasteiger partial charge in [-0.05, 0) is 38.1 Å². The summed E-state index contributed by atoms with van der Waals surface area (Å²) < 4.78 is 0. The van der Waals surface area contributed by atoms with E-state index in [2.05, 4.69) is 51.8 Å². The van der Waals surface area contributed by atoms with Crippen molar-refractivity contribution in [3.63, 3.8) is 0 Å². The molecule has 0 aromatic heterocycles. The largest absolute Gasteiger partial charge is 0.314 e. The molecule has 1 saturated carbocycles. The van der Waals surface area contributed by atoms with Gasteiger partial charge >= 0.3 is 0 Å². The fourth-order valence-electron chi connectivity index (χ4n) is 3.22. The van der Waals surface area contributed by atoms with Crippen LogP contribution in [0.5, 0.6) is 0 Å². The average molecular weight is 268 g/mol. The smallest absolute Gasteiger partial charge is 0.0108 e. The Morgan fingerprint density at radius 3 is 2.05 bits per heavy atom. The summed E-state index contributed by atoms with van der Waals surface area (Å²) in [7, 11) is 0. The highest BCUT2D eigenvalue weighted by atomic mass is 15.2. The predicted octanol–water partition coefficient (Wildman–Crippen LogP) is 3.91. The van der Waals surface area contributed by atoms with Crippen molar-refractivity contribution in [3.05, 3.63) is 0 Å². The Morgan fingerprint density at radius 1 is 1.00 bits per heavy atom. The lowest BCUT2D eigenvalue weighted by molar-refractivity contribution is 0.0935. The van der Waals surface area contributed by atoms with Crippen molar-refractivity contribution in [1.29, 1.82) is 0 Å². The van der Waals surface area contributed by atoms with Gasteiger partial charge in [-0.1, -0.05) is 47.5 Å². The molecule has 0 amide bonds. The van der Waals surface area contributed by atoms with Crippen LogP contribution in [0.15, 0.2) is 0 Å². The SMILES string of the molecule is CC(C)CN(C1CCCC1)C(C)C(C)CNC(C)C. The van der Waals surface area contributed by atoms with Crippen molar-refractivity contribution in [3.8, 4) is 0 Å². The van der Waals surface area contributed by atoms with E-state index >= 15 is 0 Å². The molecule has 19 heavy (non-hydrogen) atoms. The Kier molecular flexibility index (Phi) is 7.38. The summed E-state index contributed by atoms with van der Waals surface area (Å²) in [5.74, 6) is 1.50. The Labute approximate surface area is 121 Å². The van der Waals surface area contributed by atoms with Crippen molar-refractivity contribution in [2.75, 3.05) is 13.1 Å². The van der Waals surface area contributed by atoms with Gasteiger partial charge in [0.15, 0.2) is 0 Å². The van der Waals surface area contributed by atoms with E-state index in [0.29, 0.717) is 12.1 Å². The molecule has 0 heterocycles. The molecule has 114 valence electrons. The maximum absolute atomic E-state index is 3.60. The molecule has 0 aromatic carbocycles. The minimum Gasteiger partial charge on any atom is -0.314 e. The molecule has 0 aromatic rings. The number of nitrogens with zero attached hydrogens (tertiary/aromatic N) is 1. The van der Waals surface area contributed by atoms with Crippen molar-refractivity contribution in [2.45, 2.75) is 85.4 Å². The molecule has 0 bridgehead atoms. The van der Waals surface area contributed by atoms with Gasteiger partial charge in [-0.3, -0.25) is 4.90 Å². The molecule has 2 atom stereocenters. The van der Waals surface area contributed by atoms with E-state index in [4.69, 9.17) is 0 Å². The van der Waals surface area contributed by atoms with E-state index in [1.807, 2.05) is 0 Å². The lowest BCUT2D eigenvalue weighted by atomic mass is 9.97. The van der Waals surface area contributed by atoms with Gasteiger partial charge < -0.3 is 5.32 Å². The zero-order valence-corrected chi connectivity index (χ0v) is 14.1. The molecule has 0 aliphatic heterocycles. The van der Waals surface area contributed by atoms with Crippen LogP contribution in [-0.4, -0.2) is 36.1 Å². The van der Waals surface area contributed by atoms with E-state index in [0.717, 1.165) is 24.4 Å². The molecule has 1 fully saturated rings. The van der Waals surface area contributed by atoms with Gasteiger partial charge in [-0.15, -0.1) is 0 Å². The summed E-state index contributed by atoms with van der Waals surface area (Å²) in [6, 6.07) is 2.13. The van der Waals surface area contributed by atoms with Gasteiger partial charge in [-0.2, -0.15) is 0 Å². The summed E-state index contributed by atoms with van der Waals surface area (Å²) in [6.07, 6.45) is 5.71. The van der Waals surface area contributed by atoms with Crippen LogP contribution in [0.25, 0.3) is 0 Å². The van der Waals surface area contributed by atoms with E-state index in [1.165, 1.54) is 32.2 Å². The molecule has 1 aliphatic rings. The van der Waals surface area contributed by atoms with E-state index in [1.54, 1.807) is 0 Å². The Balaban J connectivity index is 2.56. The van der Waals surface area contributed by atoms with Crippen LogP contribution < -0.4 is 5.32 Å². The lowest BCUT2D eigenvalue weighted by Crippen LogP contribution is -2.48. The normalized spacial score (nSPS) is 20.7. The highest BCUT2D eigenvalue weighted by Gasteiger charge is 2.29.